The topological polar surface area (TPSA) is 58.6 Å². The van der Waals surface area contributed by atoms with Crippen LogP contribution >= 0.6 is 11.6 Å². The first-order valence-corrected chi connectivity index (χ1v) is 10.6. The fraction of sp³-hybridized carbons (Fsp3) is 0.154. The van der Waals surface area contributed by atoms with Crippen LogP contribution in [0.25, 0.3) is 0 Å². The van der Waals surface area contributed by atoms with E-state index in [1.165, 1.54) is 0 Å². The first kappa shape index (κ1) is 21.7. The van der Waals surface area contributed by atoms with Gasteiger partial charge < -0.3 is 10.1 Å². The molecule has 3 aromatic rings. The number of methoxy groups -OCH3 is 1. The third kappa shape index (κ3) is 4.12. The van der Waals surface area contributed by atoms with Gasteiger partial charge in [-0.2, -0.15) is 0 Å². The molecule has 0 fully saturated rings. The highest BCUT2D eigenvalue weighted by Gasteiger charge is 2.47. The molecule has 2 atom stereocenters. The van der Waals surface area contributed by atoms with Crippen molar-refractivity contribution in [3.63, 3.8) is 0 Å². The van der Waals surface area contributed by atoms with E-state index in [1.807, 2.05) is 36.4 Å². The molecule has 1 N–H and O–H groups in total. The van der Waals surface area contributed by atoms with Crippen LogP contribution in [0, 0.1) is 0 Å². The van der Waals surface area contributed by atoms with Crippen LogP contribution in [0.15, 0.2) is 91.1 Å². The molecule has 162 valence electrons. The molecule has 0 saturated carbocycles. The van der Waals surface area contributed by atoms with E-state index in [0.717, 1.165) is 5.56 Å². The van der Waals surface area contributed by atoms with Crippen LogP contribution in [-0.2, 0) is 4.79 Å². The lowest BCUT2D eigenvalue weighted by molar-refractivity contribution is -0.124. The van der Waals surface area contributed by atoms with Gasteiger partial charge in [0.2, 0.25) is 0 Å². The monoisotopic (exact) mass is 446 g/mol. The van der Waals surface area contributed by atoms with Crippen LogP contribution in [0.3, 0.4) is 0 Å². The van der Waals surface area contributed by atoms with Gasteiger partial charge in [0.1, 0.15) is 11.3 Å². The van der Waals surface area contributed by atoms with Gasteiger partial charge in [-0.1, -0.05) is 48.0 Å². The summed E-state index contributed by atoms with van der Waals surface area (Å²) in [7, 11) is 1.57. The number of carbonyl (C=O) groups excluding carboxylic acids is 2. The third-order valence-electron chi connectivity index (χ3n) is 5.70. The second kappa shape index (κ2) is 8.89. The fourth-order valence-electron chi connectivity index (χ4n) is 3.91. The van der Waals surface area contributed by atoms with E-state index in [2.05, 4.69) is 5.32 Å². The van der Waals surface area contributed by atoms with E-state index in [1.54, 1.807) is 73.7 Å². The molecule has 6 heteroatoms. The Labute approximate surface area is 192 Å². The van der Waals surface area contributed by atoms with Gasteiger partial charge in [-0.3, -0.25) is 14.5 Å². The predicted molar refractivity (Wildman–Crippen MR) is 126 cm³/mol. The Morgan fingerprint density at radius 3 is 2.28 bits per heavy atom. The molecule has 4 rings (SSSR count). The molecule has 3 aromatic carbocycles. The second-order valence-corrected chi connectivity index (χ2v) is 8.20. The molecular formula is C26H23ClN2O3. The molecule has 1 aliphatic rings. The molecule has 2 amide bonds. The van der Waals surface area contributed by atoms with E-state index in [4.69, 9.17) is 16.3 Å². The first-order chi connectivity index (χ1) is 15.4. The lowest BCUT2D eigenvalue weighted by Crippen LogP contribution is -2.61. The van der Waals surface area contributed by atoms with Crippen LogP contribution in [0.2, 0.25) is 5.02 Å². The van der Waals surface area contributed by atoms with Gasteiger partial charge in [-0.15, -0.1) is 0 Å². The highest BCUT2D eigenvalue weighted by molar-refractivity contribution is 6.30. The summed E-state index contributed by atoms with van der Waals surface area (Å²) in [6, 6.07) is 23.5. The molecular weight excluding hydrogens is 424 g/mol. The van der Waals surface area contributed by atoms with Crippen LogP contribution in [0.4, 0.5) is 5.69 Å². The molecule has 1 aliphatic heterocycles. The van der Waals surface area contributed by atoms with Crippen molar-refractivity contribution in [1.29, 1.82) is 0 Å². The number of amides is 2. The highest BCUT2D eigenvalue weighted by Crippen LogP contribution is 2.37. The Morgan fingerprint density at radius 1 is 1.00 bits per heavy atom. The summed E-state index contributed by atoms with van der Waals surface area (Å²) < 4.78 is 5.17. The van der Waals surface area contributed by atoms with Crippen molar-refractivity contribution in [2.24, 2.45) is 0 Å². The second-order valence-electron chi connectivity index (χ2n) is 7.77. The number of halogens is 1. The largest absolute Gasteiger partial charge is 0.497 e. The molecule has 0 aliphatic carbocycles. The van der Waals surface area contributed by atoms with Crippen molar-refractivity contribution in [3.05, 3.63) is 107 Å². The van der Waals surface area contributed by atoms with Gasteiger partial charge in [0.15, 0.2) is 0 Å². The number of carbonyl (C=O) groups is 2. The van der Waals surface area contributed by atoms with Crippen LogP contribution in [-0.4, -0.2) is 24.5 Å². The fourth-order valence-corrected chi connectivity index (χ4v) is 4.03. The summed E-state index contributed by atoms with van der Waals surface area (Å²) in [6.07, 6.45) is 3.70. The number of benzene rings is 3. The zero-order valence-corrected chi connectivity index (χ0v) is 18.5. The molecule has 1 heterocycles. The van der Waals surface area contributed by atoms with Crippen molar-refractivity contribution in [3.8, 4) is 5.75 Å². The number of hydrogen-bond acceptors (Lipinski definition) is 3. The van der Waals surface area contributed by atoms with E-state index in [0.29, 0.717) is 22.0 Å². The maximum Gasteiger partial charge on any atom is 0.257 e. The van der Waals surface area contributed by atoms with Gasteiger partial charge in [0.25, 0.3) is 11.8 Å². The Bertz CT molecular complexity index is 1140. The number of nitrogens with zero attached hydrogens (tertiary/aromatic N) is 1. The molecule has 0 bridgehead atoms. The molecule has 5 nitrogen and oxygen atoms in total. The van der Waals surface area contributed by atoms with Crippen LogP contribution in [0.1, 0.15) is 28.8 Å². The summed E-state index contributed by atoms with van der Waals surface area (Å²) >= 11 is 6.02. The number of ether oxygens (including phenoxy) is 1. The average molecular weight is 447 g/mol. The minimum atomic E-state index is -1.22. The SMILES string of the molecule is COc1ccc(C(=O)NC2(C)C(=O)N(c3ccc(Cl)cc3)C=CC2c2ccccc2)cc1. The van der Waals surface area contributed by atoms with Crippen molar-refractivity contribution < 1.29 is 14.3 Å². The van der Waals surface area contributed by atoms with Crippen LogP contribution in [0.5, 0.6) is 5.75 Å². The van der Waals surface area contributed by atoms with E-state index in [9.17, 15) is 9.59 Å². The Balaban J connectivity index is 1.72. The first-order valence-electron chi connectivity index (χ1n) is 10.2. The number of anilines is 1. The van der Waals surface area contributed by atoms with Crippen molar-refractivity contribution in [2.75, 3.05) is 12.0 Å². The molecule has 32 heavy (non-hydrogen) atoms. The maximum absolute atomic E-state index is 13.8. The quantitative estimate of drug-likeness (QED) is 0.587. The van der Waals surface area contributed by atoms with E-state index >= 15 is 0 Å². The van der Waals surface area contributed by atoms with Crippen LogP contribution < -0.4 is 15.0 Å². The summed E-state index contributed by atoms with van der Waals surface area (Å²) in [5.41, 5.74) is 0.837. The number of rotatable bonds is 5. The molecule has 0 radical (unpaired) electrons. The van der Waals surface area contributed by atoms with Gasteiger partial charge in [0, 0.05) is 28.4 Å². The van der Waals surface area contributed by atoms with Gasteiger partial charge in [0.05, 0.1) is 7.11 Å². The molecule has 0 spiro atoms. The Hall–Kier alpha value is -3.57. The minimum absolute atomic E-state index is 0.238. The Kier molecular flexibility index (Phi) is 6.01. The Morgan fingerprint density at radius 2 is 1.66 bits per heavy atom. The number of hydrogen-bond donors (Lipinski definition) is 1. The predicted octanol–water partition coefficient (Wildman–Crippen LogP) is 5.18. The van der Waals surface area contributed by atoms with E-state index < -0.39 is 5.54 Å². The lowest BCUT2D eigenvalue weighted by Gasteiger charge is -2.42. The van der Waals surface area contributed by atoms with Gasteiger partial charge in [-0.05, 0) is 61.0 Å². The van der Waals surface area contributed by atoms with Crippen molar-refractivity contribution >= 4 is 29.1 Å². The number of nitrogens with one attached hydrogen (secondary N) is 1. The summed E-state index contributed by atoms with van der Waals surface area (Å²) in [5, 5.41) is 3.59. The lowest BCUT2D eigenvalue weighted by atomic mass is 9.77. The maximum atomic E-state index is 13.8. The molecule has 0 saturated heterocycles. The van der Waals surface area contributed by atoms with E-state index in [-0.39, 0.29) is 17.7 Å². The van der Waals surface area contributed by atoms with Crippen molar-refractivity contribution in [1.82, 2.24) is 5.32 Å². The highest BCUT2D eigenvalue weighted by atomic mass is 35.5. The normalized spacial score (nSPS) is 20.2. The van der Waals surface area contributed by atoms with Gasteiger partial charge in [-0.25, -0.2) is 0 Å². The van der Waals surface area contributed by atoms with Crippen molar-refractivity contribution in [2.45, 2.75) is 18.4 Å². The smallest absolute Gasteiger partial charge is 0.257 e. The average Bonchev–Trinajstić information content (AvgIpc) is 2.82. The standard InChI is InChI=1S/C26H23ClN2O3/c1-26(28-24(30)19-8-14-22(32-2)15-9-19)23(18-6-4-3-5-7-18)16-17-29(25(26)31)21-12-10-20(27)11-13-21/h3-17,23H,1-2H3,(H,28,30). The molecule has 0 aromatic heterocycles. The zero-order chi connectivity index (χ0) is 22.7. The summed E-state index contributed by atoms with van der Waals surface area (Å²) in [4.78, 5) is 28.5. The third-order valence-corrected chi connectivity index (χ3v) is 5.95. The molecule has 2 unspecified atom stereocenters. The summed E-state index contributed by atoms with van der Waals surface area (Å²) in [5.74, 6) is -0.267. The summed E-state index contributed by atoms with van der Waals surface area (Å²) in [6.45, 7) is 1.76. The van der Waals surface area contributed by atoms with Gasteiger partial charge >= 0.3 is 0 Å². The minimum Gasteiger partial charge on any atom is -0.497 e. The zero-order valence-electron chi connectivity index (χ0n) is 17.8.